The average molecular weight is 347 g/mol. The Kier molecular flexibility index (Phi) is 4.46. The number of alkyl halides is 4. The van der Waals surface area contributed by atoms with Gasteiger partial charge in [-0.1, -0.05) is 6.42 Å². The van der Waals surface area contributed by atoms with Crippen molar-refractivity contribution in [3.8, 4) is 0 Å². The van der Waals surface area contributed by atoms with Crippen LogP contribution < -0.4 is 0 Å². The molecule has 3 atom stereocenters. The molecule has 0 heterocycles. The van der Waals surface area contributed by atoms with E-state index in [1.807, 2.05) is 0 Å². The van der Waals surface area contributed by atoms with Gasteiger partial charge in [-0.25, -0.2) is 8.42 Å². The van der Waals surface area contributed by atoms with Gasteiger partial charge in [0.1, 0.15) is 0 Å². The van der Waals surface area contributed by atoms with Gasteiger partial charge in [0.05, 0.1) is 18.9 Å². The van der Waals surface area contributed by atoms with Crippen LogP contribution in [0, 0.1) is 17.8 Å². The molecule has 128 valence electrons. The quantitative estimate of drug-likeness (QED) is 0.417. The van der Waals surface area contributed by atoms with E-state index in [1.165, 1.54) is 0 Å². The first-order valence-corrected chi connectivity index (χ1v) is 8.24. The number of hydrogen-bond acceptors (Lipinski definition) is 5. The van der Waals surface area contributed by atoms with Crippen molar-refractivity contribution < 1.29 is 40.1 Å². The van der Waals surface area contributed by atoms with Crippen molar-refractivity contribution >= 4 is 16.1 Å². The molecule has 5 nitrogen and oxygen atoms in total. The van der Waals surface area contributed by atoms with Gasteiger partial charge in [-0.05, 0) is 31.1 Å². The zero-order valence-corrected chi connectivity index (χ0v) is 12.3. The van der Waals surface area contributed by atoms with Crippen molar-refractivity contribution in [1.82, 2.24) is 0 Å². The summed E-state index contributed by atoms with van der Waals surface area (Å²) in [5.41, 5.74) is 0. The van der Waals surface area contributed by atoms with Crippen LogP contribution >= 0.6 is 0 Å². The Bertz CT molecular complexity index is 548. The van der Waals surface area contributed by atoms with Gasteiger partial charge in [-0.15, -0.1) is 0 Å². The number of fused-ring (bicyclic) bond motifs is 2. The van der Waals surface area contributed by atoms with Crippen LogP contribution in [0.2, 0.25) is 0 Å². The van der Waals surface area contributed by atoms with E-state index in [0.717, 1.165) is 19.3 Å². The fourth-order valence-corrected chi connectivity index (χ4v) is 3.72. The minimum Gasteiger partial charge on any atom is -0.743 e. The molecule has 0 aromatic rings. The highest BCUT2D eigenvalue weighted by Gasteiger charge is 2.61. The molecule has 0 aromatic heterocycles. The summed E-state index contributed by atoms with van der Waals surface area (Å²) in [6, 6.07) is 0. The SMILES string of the molecule is O=C(OCCC(F)(F)C(F)(F)S(=O)(=O)[O-])C1CC2CCC1C2. The van der Waals surface area contributed by atoms with Gasteiger partial charge >= 0.3 is 17.1 Å². The molecule has 2 saturated carbocycles. The van der Waals surface area contributed by atoms with Crippen LogP contribution in [0.5, 0.6) is 0 Å². The van der Waals surface area contributed by atoms with E-state index in [2.05, 4.69) is 4.74 Å². The molecule has 2 fully saturated rings. The van der Waals surface area contributed by atoms with Crippen molar-refractivity contribution in [3.05, 3.63) is 0 Å². The van der Waals surface area contributed by atoms with Gasteiger partial charge in [0, 0.05) is 0 Å². The number of rotatable bonds is 6. The van der Waals surface area contributed by atoms with Crippen molar-refractivity contribution in [3.63, 3.8) is 0 Å². The van der Waals surface area contributed by atoms with E-state index in [0.29, 0.717) is 12.3 Å². The lowest BCUT2D eigenvalue weighted by atomic mass is 9.89. The van der Waals surface area contributed by atoms with Crippen LogP contribution in [0.1, 0.15) is 32.1 Å². The summed E-state index contributed by atoms with van der Waals surface area (Å²) in [5.74, 6) is -5.67. The molecule has 2 aliphatic carbocycles. The summed E-state index contributed by atoms with van der Waals surface area (Å²) in [5, 5.41) is -5.74. The van der Waals surface area contributed by atoms with E-state index in [4.69, 9.17) is 0 Å². The molecule has 0 aliphatic heterocycles. The number of carbonyl (C=O) groups excluding carboxylic acids is 1. The maximum absolute atomic E-state index is 13.2. The van der Waals surface area contributed by atoms with Crippen LogP contribution in [-0.2, 0) is 19.6 Å². The normalized spacial score (nSPS) is 28.9. The third-order valence-corrected chi connectivity index (χ3v) is 5.37. The smallest absolute Gasteiger partial charge is 0.396 e. The number of ether oxygens (including phenoxy) is 1. The highest BCUT2D eigenvalue weighted by Crippen LogP contribution is 2.48. The Labute approximate surface area is 124 Å². The summed E-state index contributed by atoms with van der Waals surface area (Å²) < 4.78 is 87.2. The summed E-state index contributed by atoms with van der Waals surface area (Å²) >= 11 is 0. The molecular weight excluding hydrogens is 332 g/mol. The highest BCUT2D eigenvalue weighted by molar-refractivity contribution is 7.86. The van der Waals surface area contributed by atoms with Gasteiger partial charge in [0.25, 0.3) is 0 Å². The number of halogens is 4. The highest BCUT2D eigenvalue weighted by atomic mass is 32.2. The standard InChI is InChI=1S/C12H16F4O5S/c13-11(14,12(15,16)22(18,19)20)3-4-21-10(17)9-6-7-1-2-8(9)5-7/h7-9H,1-6H2,(H,18,19,20)/p-1. The van der Waals surface area contributed by atoms with Crippen molar-refractivity contribution in [2.75, 3.05) is 6.61 Å². The number of hydrogen-bond donors (Lipinski definition) is 0. The lowest BCUT2D eigenvalue weighted by Crippen LogP contribution is -2.47. The van der Waals surface area contributed by atoms with Gasteiger partial charge in [0.15, 0.2) is 10.1 Å². The summed E-state index contributed by atoms with van der Waals surface area (Å²) in [4.78, 5) is 11.7. The summed E-state index contributed by atoms with van der Waals surface area (Å²) in [6.07, 6.45) is 1.62. The molecule has 10 heteroatoms. The zero-order chi connectivity index (χ0) is 16.8. The molecule has 0 amide bonds. The predicted molar refractivity (Wildman–Crippen MR) is 64.1 cm³/mol. The van der Waals surface area contributed by atoms with Crippen molar-refractivity contribution in [1.29, 1.82) is 0 Å². The van der Waals surface area contributed by atoms with Gasteiger partial charge < -0.3 is 9.29 Å². The fraction of sp³-hybridized carbons (Fsp3) is 0.917. The van der Waals surface area contributed by atoms with E-state index in [1.54, 1.807) is 0 Å². The van der Waals surface area contributed by atoms with Gasteiger partial charge in [0.2, 0.25) is 0 Å². The summed E-state index contributed by atoms with van der Waals surface area (Å²) in [6.45, 7) is -1.06. The Hall–Kier alpha value is -0.900. The molecule has 0 N–H and O–H groups in total. The Balaban J connectivity index is 1.86. The molecule has 22 heavy (non-hydrogen) atoms. The zero-order valence-electron chi connectivity index (χ0n) is 11.4. The first-order valence-electron chi connectivity index (χ1n) is 6.83. The number of carbonyl (C=O) groups is 1. The first kappa shape index (κ1) is 17.5. The first-order chi connectivity index (χ1) is 9.96. The molecular formula is C12H15F4O5S-. The van der Waals surface area contributed by atoms with Crippen LogP contribution in [0.15, 0.2) is 0 Å². The van der Waals surface area contributed by atoms with Crippen LogP contribution in [0.25, 0.3) is 0 Å². The Morgan fingerprint density at radius 1 is 1.18 bits per heavy atom. The van der Waals surface area contributed by atoms with Gasteiger partial charge in [-0.3, -0.25) is 4.79 Å². The molecule has 2 aliphatic rings. The van der Waals surface area contributed by atoms with Crippen molar-refractivity contribution in [2.24, 2.45) is 17.8 Å². The second-order valence-corrected chi connectivity index (χ2v) is 7.30. The Morgan fingerprint density at radius 2 is 1.82 bits per heavy atom. The third kappa shape index (κ3) is 3.08. The monoisotopic (exact) mass is 347 g/mol. The molecule has 0 spiro atoms. The molecule has 0 saturated heterocycles. The fourth-order valence-electron chi connectivity index (χ4n) is 3.25. The van der Waals surface area contributed by atoms with Crippen LogP contribution in [-0.4, -0.2) is 36.7 Å². The van der Waals surface area contributed by atoms with Crippen molar-refractivity contribution in [2.45, 2.75) is 43.3 Å². The van der Waals surface area contributed by atoms with E-state index in [-0.39, 0.29) is 5.92 Å². The summed E-state index contributed by atoms with van der Waals surface area (Å²) in [7, 11) is -6.51. The maximum Gasteiger partial charge on any atom is 0.396 e. The van der Waals surface area contributed by atoms with Gasteiger partial charge in [-0.2, -0.15) is 17.6 Å². The van der Waals surface area contributed by atoms with E-state index < -0.39 is 46.2 Å². The van der Waals surface area contributed by atoms with Crippen LogP contribution in [0.4, 0.5) is 17.6 Å². The molecule has 3 unspecified atom stereocenters. The molecule has 0 aromatic carbocycles. The lowest BCUT2D eigenvalue weighted by molar-refractivity contribution is -0.176. The minimum atomic E-state index is -6.51. The topological polar surface area (TPSA) is 83.5 Å². The van der Waals surface area contributed by atoms with E-state index in [9.17, 15) is 35.3 Å². The third-order valence-electron chi connectivity index (χ3n) is 4.44. The second kappa shape index (κ2) is 5.63. The minimum absolute atomic E-state index is 0.140. The molecule has 2 bridgehead atoms. The maximum atomic E-state index is 13.2. The molecule has 2 rings (SSSR count). The Morgan fingerprint density at radius 3 is 2.27 bits per heavy atom. The largest absolute Gasteiger partial charge is 0.743 e. The average Bonchev–Trinajstić information content (AvgIpc) is 2.98. The van der Waals surface area contributed by atoms with Crippen LogP contribution in [0.3, 0.4) is 0 Å². The van der Waals surface area contributed by atoms with E-state index >= 15 is 0 Å². The predicted octanol–water partition coefficient (Wildman–Crippen LogP) is 2.13. The number of esters is 1. The molecule has 0 radical (unpaired) electrons. The lowest BCUT2D eigenvalue weighted by Gasteiger charge is -2.28. The second-order valence-electron chi connectivity index (χ2n) is 5.87.